The quantitative estimate of drug-likeness (QED) is 0.262. The lowest BCUT2D eigenvalue weighted by atomic mass is 10.2. The van der Waals surface area contributed by atoms with Gasteiger partial charge in [0.25, 0.3) is 0 Å². The summed E-state index contributed by atoms with van der Waals surface area (Å²) in [7, 11) is 1.80. The van der Waals surface area contributed by atoms with Crippen LogP contribution in [0.25, 0.3) is 0 Å². The lowest BCUT2D eigenvalue weighted by Gasteiger charge is -2.13. The Hall–Kier alpha value is -1.63. The Morgan fingerprint density at radius 1 is 1.80 bits per heavy atom. The molecule has 1 aromatic rings. The molecule has 84 valence electrons. The number of hydrogen-bond donors (Lipinski definition) is 3. The number of oxime groups is 1. The van der Waals surface area contributed by atoms with Gasteiger partial charge < -0.3 is 16.3 Å². The molecule has 0 aliphatic carbocycles. The number of amidine groups is 1. The molecule has 1 atom stereocenters. The van der Waals surface area contributed by atoms with Crippen LogP contribution in [0.4, 0.5) is 0 Å². The first-order valence-corrected chi connectivity index (χ1v) is 4.72. The van der Waals surface area contributed by atoms with Crippen LogP contribution in [0.1, 0.15) is 19.2 Å². The zero-order valence-corrected chi connectivity index (χ0v) is 8.88. The van der Waals surface area contributed by atoms with E-state index in [9.17, 15) is 0 Å². The Labute approximate surface area is 88.0 Å². The number of nitrogens with one attached hydrogen (secondary N) is 1. The summed E-state index contributed by atoms with van der Waals surface area (Å²) in [4.78, 5) is 4.05. The first-order valence-electron chi connectivity index (χ1n) is 4.72. The van der Waals surface area contributed by atoms with E-state index < -0.39 is 0 Å². The topological polar surface area (TPSA) is 101 Å². The zero-order valence-electron chi connectivity index (χ0n) is 8.88. The van der Waals surface area contributed by atoms with Gasteiger partial charge in [0.1, 0.15) is 6.33 Å². The summed E-state index contributed by atoms with van der Waals surface area (Å²) < 4.78 is 1.63. The Morgan fingerprint density at radius 2 is 2.53 bits per heavy atom. The summed E-state index contributed by atoms with van der Waals surface area (Å²) in [6, 6.07) is -0.154. The van der Waals surface area contributed by atoms with Crippen LogP contribution in [-0.4, -0.2) is 31.8 Å². The fourth-order valence-electron chi connectivity index (χ4n) is 1.21. The molecule has 0 bridgehead atoms. The van der Waals surface area contributed by atoms with E-state index in [2.05, 4.69) is 20.6 Å². The van der Waals surface area contributed by atoms with Crippen LogP contribution in [0.2, 0.25) is 0 Å². The SMILES string of the molecule is CCC(NCc1ncn(C)n1)C(N)=NO. The van der Waals surface area contributed by atoms with Gasteiger partial charge in [0, 0.05) is 7.05 Å². The van der Waals surface area contributed by atoms with Crippen LogP contribution < -0.4 is 11.1 Å². The summed E-state index contributed by atoms with van der Waals surface area (Å²) >= 11 is 0. The number of aryl methyl sites for hydroxylation is 1. The first-order chi connectivity index (χ1) is 7.17. The van der Waals surface area contributed by atoms with E-state index in [1.54, 1.807) is 18.1 Å². The van der Waals surface area contributed by atoms with Crippen molar-refractivity contribution in [3.8, 4) is 0 Å². The number of aromatic nitrogens is 3. The fourth-order valence-corrected chi connectivity index (χ4v) is 1.21. The van der Waals surface area contributed by atoms with Gasteiger partial charge >= 0.3 is 0 Å². The van der Waals surface area contributed by atoms with Crippen molar-refractivity contribution in [3.63, 3.8) is 0 Å². The van der Waals surface area contributed by atoms with Gasteiger partial charge in [0.2, 0.25) is 0 Å². The summed E-state index contributed by atoms with van der Waals surface area (Å²) in [5.74, 6) is 0.857. The first kappa shape index (κ1) is 11.4. The van der Waals surface area contributed by atoms with E-state index in [1.165, 1.54) is 0 Å². The molecule has 15 heavy (non-hydrogen) atoms. The average Bonchev–Trinajstić information content (AvgIpc) is 2.64. The maximum Gasteiger partial charge on any atom is 0.164 e. The van der Waals surface area contributed by atoms with Gasteiger partial charge in [-0.1, -0.05) is 12.1 Å². The molecule has 0 spiro atoms. The van der Waals surface area contributed by atoms with Crippen LogP contribution in [0.5, 0.6) is 0 Å². The van der Waals surface area contributed by atoms with E-state index in [1.807, 2.05) is 6.92 Å². The van der Waals surface area contributed by atoms with Crippen molar-refractivity contribution in [2.75, 3.05) is 0 Å². The van der Waals surface area contributed by atoms with Gasteiger partial charge in [-0.05, 0) is 6.42 Å². The monoisotopic (exact) mass is 212 g/mol. The van der Waals surface area contributed by atoms with E-state index in [-0.39, 0.29) is 11.9 Å². The molecule has 0 fully saturated rings. The van der Waals surface area contributed by atoms with Crippen molar-refractivity contribution in [3.05, 3.63) is 12.2 Å². The van der Waals surface area contributed by atoms with Crippen molar-refractivity contribution >= 4 is 5.84 Å². The third-order valence-corrected chi connectivity index (χ3v) is 2.03. The van der Waals surface area contributed by atoms with Crippen molar-refractivity contribution in [1.82, 2.24) is 20.1 Å². The molecule has 7 heteroatoms. The molecule has 1 unspecified atom stereocenters. The number of rotatable bonds is 5. The van der Waals surface area contributed by atoms with E-state index in [4.69, 9.17) is 10.9 Å². The second kappa shape index (κ2) is 5.30. The van der Waals surface area contributed by atoms with Crippen LogP contribution in [0, 0.1) is 0 Å². The minimum absolute atomic E-state index is 0.154. The maximum atomic E-state index is 8.53. The zero-order chi connectivity index (χ0) is 11.3. The van der Waals surface area contributed by atoms with Crippen LogP contribution in [-0.2, 0) is 13.6 Å². The van der Waals surface area contributed by atoms with Crippen molar-refractivity contribution in [1.29, 1.82) is 0 Å². The van der Waals surface area contributed by atoms with Crippen LogP contribution in [0.15, 0.2) is 11.5 Å². The van der Waals surface area contributed by atoms with Gasteiger partial charge in [-0.25, -0.2) is 4.98 Å². The second-order valence-corrected chi connectivity index (χ2v) is 3.20. The molecule has 1 heterocycles. The van der Waals surface area contributed by atoms with Crippen molar-refractivity contribution in [2.24, 2.45) is 17.9 Å². The van der Waals surface area contributed by atoms with Gasteiger partial charge in [-0.15, -0.1) is 0 Å². The Morgan fingerprint density at radius 3 is 3.00 bits per heavy atom. The highest BCUT2D eigenvalue weighted by Gasteiger charge is 2.11. The molecule has 1 rings (SSSR count). The summed E-state index contributed by atoms with van der Waals surface area (Å²) in [5, 5.41) is 18.7. The Balaban J connectivity index is 2.48. The predicted molar refractivity (Wildman–Crippen MR) is 55.3 cm³/mol. The molecule has 7 nitrogen and oxygen atoms in total. The minimum atomic E-state index is -0.154. The number of nitrogens with two attached hydrogens (primary N) is 1. The minimum Gasteiger partial charge on any atom is -0.409 e. The summed E-state index contributed by atoms with van der Waals surface area (Å²) in [6.45, 7) is 2.44. The normalized spacial score (nSPS) is 14.1. The standard InChI is InChI=1S/C8H16N6O/c1-3-6(8(9)13-15)10-4-7-11-5-14(2)12-7/h5-6,10,15H,3-4H2,1-2H3,(H2,9,13). The molecule has 4 N–H and O–H groups in total. The fraction of sp³-hybridized carbons (Fsp3) is 0.625. The highest BCUT2D eigenvalue weighted by Crippen LogP contribution is 1.94. The number of hydrogen-bond acceptors (Lipinski definition) is 5. The largest absolute Gasteiger partial charge is 0.409 e. The third kappa shape index (κ3) is 3.21. The maximum absolute atomic E-state index is 8.53. The molecule has 0 radical (unpaired) electrons. The second-order valence-electron chi connectivity index (χ2n) is 3.20. The molecule has 0 saturated carbocycles. The Kier molecular flexibility index (Phi) is 4.04. The smallest absolute Gasteiger partial charge is 0.164 e. The average molecular weight is 212 g/mol. The van der Waals surface area contributed by atoms with Gasteiger partial charge in [-0.3, -0.25) is 4.68 Å². The third-order valence-electron chi connectivity index (χ3n) is 2.03. The molecule has 0 saturated heterocycles. The van der Waals surface area contributed by atoms with Gasteiger partial charge in [-0.2, -0.15) is 5.10 Å². The van der Waals surface area contributed by atoms with E-state index >= 15 is 0 Å². The molecular weight excluding hydrogens is 196 g/mol. The molecule has 0 aromatic carbocycles. The molecule has 0 aliphatic rings. The van der Waals surface area contributed by atoms with Gasteiger partial charge in [0.05, 0.1) is 12.6 Å². The molecular formula is C8H16N6O. The highest BCUT2D eigenvalue weighted by atomic mass is 16.4. The van der Waals surface area contributed by atoms with Crippen LogP contribution >= 0.6 is 0 Å². The lowest BCUT2D eigenvalue weighted by molar-refractivity contribution is 0.314. The molecule has 0 aliphatic heterocycles. The summed E-state index contributed by atoms with van der Waals surface area (Å²) in [5.41, 5.74) is 5.49. The Bertz CT molecular complexity index is 334. The summed E-state index contributed by atoms with van der Waals surface area (Å²) in [6.07, 6.45) is 2.37. The molecule has 0 amide bonds. The number of nitrogens with zero attached hydrogens (tertiary/aromatic N) is 4. The van der Waals surface area contributed by atoms with Crippen molar-refractivity contribution in [2.45, 2.75) is 25.9 Å². The lowest BCUT2D eigenvalue weighted by Crippen LogP contribution is -2.40. The van der Waals surface area contributed by atoms with Gasteiger partial charge in [0.15, 0.2) is 11.7 Å². The van der Waals surface area contributed by atoms with E-state index in [0.29, 0.717) is 12.4 Å². The van der Waals surface area contributed by atoms with Crippen LogP contribution in [0.3, 0.4) is 0 Å². The van der Waals surface area contributed by atoms with E-state index in [0.717, 1.165) is 6.42 Å². The highest BCUT2D eigenvalue weighted by molar-refractivity contribution is 5.85. The van der Waals surface area contributed by atoms with Crippen molar-refractivity contribution < 1.29 is 5.21 Å². The predicted octanol–water partition coefficient (Wildman–Crippen LogP) is -0.570. The molecule has 1 aromatic heterocycles.